The molecule has 3 heteroatoms. The largest absolute Gasteiger partial charge is 0.294 e. The number of rotatable bonds is 3. The van der Waals surface area contributed by atoms with Crippen molar-refractivity contribution in [3.05, 3.63) is 58.9 Å². The summed E-state index contributed by atoms with van der Waals surface area (Å²) in [7, 11) is 0. The van der Waals surface area contributed by atoms with Crippen molar-refractivity contribution < 1.29 is 9.18 Å². The Bertz CT molecular complexity index is 635. The molecule has 2 aromatic rings. The summed E-state index contributed by atoms with van der Waals surface area (Å²) in [5, 5.41) is 0. The van der Waals surface area contributed by atoms with Crippen LogP contribution in [0.2, 0.25) is 0 Å². The molecule has 0 spiro atoms. The van der Waals surface area contributed by atoms with Crippen LogP contribution in [0.4, 0.5) is 4.39 Å². The lowest BCUT2D eigenvalue weighted by atomic mass is 10.1. The lowest BCUT2D eigenvalue weighted by Crippen LogP contribution is -1.96. The Kier molecular flexibility index (Phi) is 4.05. The van der Waals surface area contributed by atoms with Gasteiger partial charge in [0.15, 0.2) is 5.78 Å². The highest BCUT2D eigenvalue weighted by Gasteiger charge is 2.11. The Balaban J connectivity index is 2.43. The fourth-order valence-corrected chi connectivity index (χ4v) is 2.96. The van der Waals surface area contributed by atoms with E-state index in [1.54, 1.807) is 6.07 Å². The molecule has 0 bridgehead atoms. The van der Waals surface area contributed by atoms with Crippen molar-refractivity contribution >= 4 is 17.5 Å². The Hall–Kier alpha value is -1.61. The van der Waals surface area contributed by atoms with E-state index < -0.39 is 0 Å². The first-order valence-electron chi connectivity index (χ1n) is 6.03. The highest BCUT2D eigenvalue weighted by atomic mass is 32.2. The van der Waals surface area contributed by atoms with Crippen LogP contribution < -0.4 is 0 Å². The number of carbonyl (C=O) groups excluding carboxylic acids is 1. The van der Waals surface area contributed by atoms with Gasteiger partial charge in [0.1, 0.15) is 5.82 Å². The Labute approximate surface area is 116 Å². The average molecular weight is 274 g/mol. The Morgan fingerprint density at radius 2 is 1.79 bits per heavy atom. The molecule has 2 rings (SSSR count). The third-order valence-electron chi connectivity index (χ3n) is 2.88. The van der Waals surface area contributed by atoms with E-state index in [2.05, 4.69) is 18.2 Å². The first-order valence-corrected chi connectivity index (χ1v) is 6.84. The zero-order valence-electron chi connectivity index (χ0n) is 11.2. The summed E-state index contributed by atoms with van der Waals surface area (Å²) >= 11 is 1.50. The normalized spacial score (nSPS) is 10.5. The van der Waals surface area contributed by atoms with Gasteiger partial charge >= 0.3 is 0 Å². The second-order valence-electron chi connectivity index (χ2n) is 4.57. The molecule has 0 aliphatic heterocycles. The number of hydrogen-bond acceptors (Lipinski definition) is 2. The lowest BCUT2D eigenvalue weighted by molar-refractivity contribution is 0.101. The molecule has 1 nitrogen and oxygen atoms in total. The van der Waals surface area contributed by atoms with Crippen LogP contribution in [0.1, 0.15) is 28.4 Å². The summed E-state index contributed by atoms with van der Waals surface area (Å²) in [6, 6.07) is 10.5. The summed E-state index contributed by atoms with van der Waals surface area (Å²) < 4.78 is 13.2. The third kappa shape index (κ3) is 3.24. The van der Waals surface area contributed by atoms with E-state index >= 15 is 0 Å². The van der Waals surface area contributed by atoms with Gasteiger partial charge in [-0.15, -0.1) is 0 Å². The van der Waals surface area contributed by atoms with Crippen LogP contribution in [0.15, 0.2) is 46.2 Å². The average Bonchev–Trinajstić information content (AvgIpc) is 2.35. The summed E-state index contributed by atoms with van der Waals surface area (Å²) in [6.45, 7) is 5.51. The highest BCUT2D eigenvalue weighted by molar-refractivity contribution is 7.99. The zero-order valence-corrected chi connectivity index (χ0v) is 12.0. The van der Waals surface area contributed by atoms with E-state index in [-0.39, 0.29) is 11.6 Å². The first kappa shape index (κ1) is 13.8. The van der Waals surface area contributed by atoms with E-state index in [1.165, 1.54) is 36.4 Å². The topological polar surface area (TPSA) is 17.1 Å². The maximum Gasteiger partial charge on any atom is 0.161 e. The SMILES string of the molecule is CC(=O)c1cc(F)ccc1Sc1cc(C)ccc1C. The quantitative estimate of drug-likeness (QED) is 0.748. The molecular formula is C16H15FOS. The fraction of sp³-hybridized carbons (Fsp3) is 0.188. The molecule has 0 N–H and O–H groups in total. The van der Waals surface area contributed by atoms with Crippen molar-refractivity contribution in [3.8, 4) is 0 Å². The number of Topliss-reactive ketones (excluding diaryl/α,β-unsaturated/α-hetero) is 1. The number of hydrogen-bond donors (Lipinski definition) is 0. The van der Waals surface area contributed by atoms with Gasteiger partial charge in [-0.3, -0.25) is 4.79 Å². The Morgan fingerprint density at radius 1 is 1.05 bits per heavy atom. The monoisotopic (exact) mass is 274 g/mol. The van der Waals surface area contributed by atoms with Crippen LogP contribution in [0, 0.1) is 19.7 Å². The van der Waals surface area contributed by atoms with Gasteiger partial charge in [-0.05, 0) is 56.2 Å². The van der Waals surface area contributed by atoms with Gasteiger partial charge in [-0.1, -0.05) is 23.9 Å². The fourth-order valence-electron chi connectivity index (χ4n) is 1.80. The molecule has 0 aromatic heterocycles. The number of halogens is 1. The maximum absolute atomic E-state index is 13.2. The molecule has 0 heterocycles. The van der Waals surface area contributed by atoms with Gasteiger partial charge in [0.25, 0.3) is 0 Å². The smallest absolute Gasteiger partial charge is 0.161 e. The second-order valence-corrected chi connectivity index (χ2v) is 5.65. The van der Waals surface area contributed by atoms with E-state index in [4.69, 9.17) is 0 Å². The summed E-state index contributed by atoms with van der Waals surface area (Å²) in [6.07, 6.45) is 0. The molecule has 19 heavy (non-hydrogen) atoms. The minimum absolute atomic E-state index is 0.118. The van der Waals surface area contributed by atoms with Gasteiger partial charge in [0.2, 0.25) is 0 Å². The molecule has 0 atom stereocenters. The molecule has 0 fully saturated rings. The van der Waals surface area contributed by atoms with Crippen molar-refractivity contribution in [3.63, 3.8) is 0 Å². The van der Waals surface area contributed by atoms with Crippen molar-refractivity contribution in [2.24, 2.45) is 0 Å². The maximum atomic E-state index is 13.2. The van der Waals surface area contributed by atoms with Gasteiger partial charge in [0, 0.05) is 15.4 Å². The van der Waals surface area contributed by atoms with E-state index in [0.717, 1.165) is 15.4 Å². The number of ketones is 1. The summed E-state index contributed by atoms with van der Waals surface area (Å²) in [5.41, 5.74) is 2.75. The van der Waals surface area contributed by atoms with Crippen LogP contribution in [0.5, 0.6) is 0 Å². The minimum atomic E-state index is -0.379. The predicted octanol–water partition coefficient (Wildman–Crippen LogP) is 4.80. The van der Waals surface area contributed by atoms with Crippen LogP contribution in [-0.4, -0.2) is 5.78 Å². The predicted molar refractivity (Wildman–Crippen MR) is 76.4 cm³/mol. The molecule has 0 amide bonds. The zero-order chi connectivity index (χ0) is 14.0. The number of carbonyl (C=O) groups is 1. The van der Waals surface area contributed by atoms with Crippen LogP contribution in [-0.2, 0) is 0 Å². The number of aryl methyl sites for hydroxylation is 2. The molecular weight excluding hydrogens is 259 g/mol. The van der Waals surface area contributed by atoms with E-state index in [0.29, 0.717) is 5.56 Å². The second kappa shape index (κ2) is 5.57. The van der Waals surface area contributed by atoms with Crippen molar-refractivity contribution in [1.82, 2.24) is 0 Å². The molecule has 0 aliphatic rings. The van der Waals surface area contributed by atoms with Crippen molar-refractivity contribution in [2.75, 3.05) is 0 Å². The van der Waals surface area contributed by atoms with Crippen LogP contribution in [0.25, 0.3) is 0 Å². The van der Waals surface area contributed by atoms with Crippen LogP contribution >= 0.6 is 11.8 Å². The molecule has 0 aliphatic carbocycles. The molecule has 0 saturated carbocycles. The molecule has 98 valence electrons. The first-order chi connectivity index (χ1) is 8.97. The molecule has 0 unspecified atom stereocenters. The van der Waals surface area contributed by atoms with Gasteiger partial charge < -0.3 is 0 Å². The molecule has 0 saturated heterocycles. The van der Waals surface area contributed by atoms with Gasteiger partial charge in [-0.25, -0.2) is 4.39 Å². The summed E-state index contributed by atoms with van der Waals surface area (Å²) in [4.78, 5) is 13.5. The summed E-state index contributed by atoms with van der Waals surface area (Å²) in [5.74, 6) is -0.497. The Morgan fingerprint density at radius 3 is 2.47 bits per heavy atom. The number of benzene rings is 2. The van der Waals surface area contributed by atoms with Gasteiger partial charge in [0.05, 0.1) is 0 Å². The van der Waals surface area contributed by atoms with Crippen LogP contribution in [0.3, 0.4) is 0 Å². The lowest BCUT2D eigenvalue weighted by Gasteiger charge is -2.10. The van der Waals surface area contributed by atoms with Crippen molar-refractivity contribution in [1.29, 1.82) is 0 Å². The molecule has 2 aromatic carbocycles. The molecule has 0 radical (unpaired) electrons. The third-order valence-corrected chi connectivity index (χ3v) is 4.12. The highest BCUT2D eigenvalue weighted by Crippen LogP contribution is 2.33. The van der Waals surface area contributed by atoms with E-state index in [1.807, 2.05) is 13.8 Å². The standard InChI is InChI=1S/C16H15FOS/c1-10-4-5-11(2)16(8-10)19-15-7-6-13(17)9-14(15)12(3)18/h4-9H,1-3H3. The van der Waals surface area contributed by atoms with Gasteiger partial charge in [-0.2, -0.15) is 0 Å². The van der Waals surface area contributed by atoms with E-state index in [9.17, 15) is 9.18 Å². The van der Waals surface area contributed by atoms with Crippen molar-refractivity contribution in [2.45, 2.75) is 30.6 Å². The minimum Gasteiger partial charge on any atom is -0.294 e.